The number of nitrogens with zero attached hydrogens (tertiary/aromatic N) is 1. The van der Waals surface area contributed by atoms with Gasteiger partial charge in [0.2, 0.25) is 5.91 Å². The summed E-state index contributed by atoms with van der Waals surface area (Å²) in [7, 11) is 0. The highest BCUT2D eigenvalue weighted by molar-refractivity contribution is 8.14. The molecule has 0 saturated carbocycles. The maximum absolute atomic E-state index is 12.3. The Labute approximate surface area is 151 Å². The first-order valence-corrected chi connectivity index (χ1v) is 8.69. The van der Waals surface area contributed by atoms with Crippen LogP contribution in [0.25, 0.3) is 0 Å². The number of carbonyl (C=O) groups excluding carboxylic acids is 3. The topological polar surface area (TPSA) is 78.5 Å². The lowest BCUT2D eigenvalue weighted by atomic mass is 10.1. The molecule has 2 heterocycles. The van der Waals surface area contributed by atoms with Gasteiger partial charge in [-0.15, -0.1) is 12.4 Å². The van der Waals surface area contributed by atoms with Gasteiger partial charge in [0.25, 0.3) is 11.1 Å². The molecule has 2 aliphatic rings. The molecule has 2 saturated heterocycles. The van der Waals surface area contributed by atoms with Gasteiger partial charge in [-0.05, 0) is 37.1 Å². The average molecular weight is 370 g/mol. The number of nitrogens with one attached hydrogen (secondary N) is 2. The van der Waals surface area contributed by atoms with Gasteiger partial charge in [0.15, 0.2) is 0 Å². The van der Waals surface area contributed by atoms with E-state index < -0.39 is 0 Å². The molecule has 3 rings (SSSR count). The minimum Gasteiger partial charge on any atom is -0.348 e. The van der Waals surface area contributed by atoms with E-state index in [4.69, 9.17) is 0 Å². The first-order chi connectivity index (χ1) is 11.1. The summed E-state index contributed by atoms with van der Waals surface area (Å²) in [5.41, 5.74) is 1.34. The second-order valence-electron chi connectivity index (χ2n) is 5.75. The molecule has 1 atom stereocenters. The lowest BCUT2D eigenvalue weighted by molar-refractivity contribution is -0.125. The molecule has 0 aromatic heterocycles. The lowest BCUT2D eigenvalue weighted by Gasteiger charge is -2.24. The van der Waals surface area contributed by atoms with E-state index in [1.54, 1.807) is 18.2 Å². The van der Waals surface area contributed by atoms with Crippen LogP contribution in [0.15, 0.2) is 24.3 Å². The van der Waals surface area contributed by atoms with Crippen molar-refractivity contribution >= 4 is 41.2 Å². The third kappa shape index (κ3) is 4.49. The molecule has 2 fully saturated rings. The third-order valence-electron chi connectivity index (χ3n) is 4.00. The monoisotopic (exact) mass is 369 g/mol. The Hall–Kier alpha value is -1.57. The van der Waals surface area contributed by atoms with Gasteiger partial charge >= 0.3 is 0 Å². The first-order valence-electron chi connectivity index (χ1n) is 7.71. The second-order valence-corrected chi connectivity index (χ2v) is 6.68. The molecule has 1 aromatic carbocycles. The number of rotatable bonds is 4. The van der Waals surface area contributed by atoms with Crippen LogP contribution < -0.4 is 10.6 Å². The first kappa shape index (κ1) is 18.8. The fourth-order valence-corrected chi connectivity index (χ4v) is 3.50. The molecule has 1 unspecified atom stereocenters. The Bertz CT molecular complexity index is 619. The zero-order chi connectivity index (χ0) is 16.2. The van der Waals surface area contributed by atoms with Crippen LogP contribution in [0.1, 0.15) is 28.8 Å². The molecular weight excluding hydrogens is 350 g/mol. The van der Waals surface area contributed by atoms with Crippen molar-refractivity contribution in [3.8, 4) is 0 Å². The number of hydrogen-bond acceptors (Lipinski definition) is 5. The van der Waals surface area contributed by atoms with Crippen LogP contribution in [0, 0.1) is 0 Å². The Balaban J connectivity index is 0.00000208. The van der Waals surface area contributed by atoms with Crippen molar-refractivity contribution in [3.63, 3.8) is 0 Å². The minimum absolute atomic E-state index is 0. The molecule has 8 heteroatoms. The van der Waals surface area contributed by atoms with Crippen LogP contribution >= 0.6 is 24.2 Å². The number of piperidine rings is 1. The molecular formula is C16H20ClN3O3S. The molecule has 2 aliphatic heterocycles. The fraction of sp³-hybridized carbons (Fsp3) is 0.438. The van der Waals surface area contributed by atoms with Crippen molar-refractivity contribution in [2.75, 3.05) is 18.8 Å². The van der Waals surface area contributed by atoms with Gasteiger partial charge in [0, 0.05) is 18.2 Å². The van der Waals surface area contributed by atoms with Crippen LogP contribution in [0.5, 0.6) is 0 Å². The largest absolute Gasteiger partial charge is 0.348 e. The van der Waals surface area contributed by atoms with E-state index in [9.17, 15) is 14.4 Å². The lowest BCUT2D eigenvalue weighted by Crippen LogP contribution is -2.45. The molecule has 0 aliphatic carbocycles. The number of thioether (sulfide) groups is 1. The number of benzene rings is 1. The molecule has 0 radical (unpaired) electrons. The summed E-state index contributed by atoms with van der Waals surface area (Å²) >= 11 is 1.02. The van der Waals surface area contributed by atoms with Crippen molar-refractivity contribution in [1.29, 1.82) is 0 Å². The van der Waals surface area contributed by atoms with Crippen LogP contribution in [0.4, 0.5) is 4.79 Å². The Morgan fingerprint density at radius 3 is 2.88 bits per heavy atom. The molecule has 3 amide bonds. The van der Waals surface area contributed by atoms with Gasteiger partial charge < -0.3 is 10.6 Å². The summed E-state index contributed by atoms with van der Waals surface area (Å²) in [6.07, 6.45) is 2.04. The van der Waals surface area contributed by atoms with Crippen LogP contribution in [-0.2, 0) is 11.3 Å². The second kappa shape index (κ2) is 8.50. The zero-order valence-corrected chi connectivity index (χ0v) is 14.8. The summed E-state index contributed by atoms with van der Waals surface area (Å²) < 4.78 is 0. The van der Waals surface area contributed by atoms with Crippen molar-refractivity contribution in [2.24, 2.45) is 0 Å². The maximum atomic E-state index is 12.3. The normalized spacial score (nSPS) is 20.7. The van der Waals surface area contributed by atoms with E-state index in [-0.39, 0.29) is 47.8 Å². The Morgan fingerprint density at radius 1 is 1.38 bits per heavy atom. The summed E-state index contributed by atoms with van der Waals surface area (Å²) in [6, 6.07) is 7.24. The standard InChI is InChI=1S/C16H19N3O3S.ClH/c20-14-10-23-16(22)19(14)9-11-3-1-4-12(7-11)15(21)18-13-5-2-6-17-8-13;/h1,3-4,7,13,17H,2,5-6,8-10H2,(H,18,21);1H. The van der Waals surface area contributed by atoms with E-state index >= 15 is 0 Å². The van der Waals surface area contributed by atoms with Crippen LogP contribution in [0.2, 0.25) is 0 Å². The maximum Gasteiger partial charge on any atom is 0.289 e. The smallest absolute Gasteiger partial charge is 0.289 e. The highest BCUT2D eigenvalue weighted by atomic mass is 35.5. The van der Waals surface area contributed by atoms with E-state index in [1.165, 1.54) is 4.90 Å². The number of carbonyl (C=O) groups is 3. The van der Waals surface area contributed by atoms with Gasteiger partial charge in [0.1, 0.15) is 0 Å². The zero-order valence-electron chi connectivity index (χ0n) is 13.1. The predicted octanol–water partition coefficient (Wildman–Crippen LogP) is 1.79. The van der Waals surface area contributed by atoms with Crippen molar-refractivity contribution < 1.29 is 14.4 Å². The minimum atomic E-state index is -0.224. The van der Waals surface area contributed by atoms with Crippen molar-refractivity contribution in [1.82, 2.24) is 15.5 Å². The van der Waals surface area contributed by atoms with E-state index in [2.05, 4.69) is 10.6 Å². The highest BCUT2D eigenvalue weighted by Gasteiger charge is 2.29. The van der Waals surface area contributed by atoms with Gasteiger partial charge in [0.05, 0.1) is 12.3 Å². The molecule has 0 spiro atoms. The average Bonchev–Trinajstić information content (AvgIpc) is 2.88. The summed E-state index contributed by atoms with van der Waals surface area (Å²) in [4.78, 5) is 36.9. The number of hydrogen-bond donors (Lipinski definition) is 2. The molecule has 2 N–H and O–H groups in total. The van der Waals surface area contributed by atoms with Crippen molar-refractivity contribution in [3.05, 3.63) is 35.4 Å². The van der Waals surface area contributed by atoms with E-state index in [1.807, 2.05) is 6.07 Å². The predicted molar refractivity (Wildman–Crippen MR) is 95.5 cm³/mol. The van der Waals surface area contributed by atoms with Gasteiger partial charge in [-0.2, -0.15) is 0 Å². The van der Waals surface area contributed by atoms with E-state index in [0.717, 1.165) is 43.3 Å². The number of halogens is 1. The Morgan fingerprint density at radius 2 is 2.21 bits per heavy atom. The van der Waals surface area contributed by atoms with Gasteiger partial charge in [-0.25, -0.2) is 0 Å². The molecule has 0 bridgehead atoms. The highest BCUT2D eigenvalue weighted by Crippen LogP contribution is 2.21. The number of imide groups is 1. The summed E-state index contributed by atoms with van der Waals surface area (Å²) in [5.74, 6) is -0.0922. The van der Waals surface area contributed by atoms with Crippen LogP contribution in [0.3, 0.4) is 0 Å². The van der Waals surface area contributed by atoms with Crippen LogP contribution in [-0.4, -0.2) is 46.8 Å². The molecule has 24 heavy (non-hydrogen) atoms. The quantitative estimate of drug-likeness (QED) is 0.845. The van der Waals surface area contributed by atoms with Crippen molar-refractivity contribution in [2.45, 2.75) is 25.4 Å². The number of amides is 3. The summed E-state index contributed by atoms with van der Waals surface area (Å²) in [6.45, 7) is 2.01. The molecule has 6 nitrogen and oxygen atoms in total. The molecule has 130 valence electrons. The summed E-state index contributed by atoms with van der Waals surface area (Å²) in [5, 5.41) is 6.06. The fourth-order valence-electron chi connectivity index (χ4n) is 2.77. The van der Waals surface area contributed by atoms with E-state index in [0.29, 0.717) is 5.56 Å². The Kier molecular flexibility index (Phi) is 6.65. The van der Waals surface area contributed by atoms with Gasteiger partial charge in [-0.1, -0.05) is 23.9 Å². The third-order valence-corrected chi connectivity index (χ3v) is 4.86. The molecule has 1 aromatic rings. The SMILES string of the molecule is Cl.O=C(NC1CCCNC1)c1cccc(CN2C(=O)CSC2=O)c1. The van der Waals surface area contributed by atoms with Gasteiger partial charge in [-0.3, -0.25) is 19.3 Å².